The SMILES string of the molecule is CN(C)Cc1cncc(-c2ccc3c(c2)C(C(=O)Nc2ccnc(N4CCC(F)(F)C4)c2)=C2CC2N3C2CN(c3cc(NC(=O)c4n[nH]c5ccc(-c6cncc(CN7CCC(F)(F)C7)c6)cc45)ccn3)CC2(F)F)c1. The van der Waals surface area contributed by atoms with Crippen LogP contribution in [0.3, 0.4) is 0 Å². The van der Waals surface area contributed by atoms with E-state index in [9.17, 15) is 27.2 Å². The molecule has 5 aliphatic rings. The van der Waals surface area contributed by atoms with Crippen molar-refractivity contribution in [2.24, 2.45) is 0 Å². The van der Waals surface area contributed by atoms with Gasteiger partial charge in [-0.15, -0.1) is 0 Å². The predicted octanol–water partition coefficient (Wildman–Crippen LogP) is 8.99. The van der Waals surface area contributed by atoms with E-state index in [0.717, 1.165) is 33.4 Å². The molecule has 2 atom stereocenters. The number of pyridine rings is 4. The maximum atomic E-state index is 16.8. The molecular formula is C55H51F6N13O2. The van der Waals surface area contributed by atoms with Gasteiger partial charge in [0.25, 0.3) is 29.6 Å². The molecule has 2 unspecified atom stereocenters. The Kier molecular flexibility index (Phi) is 12.1. The number of hydrogen-bond donors (Lipinski definition) is 3. The number of nitrogens with zero attached hydrogens (tertiary/aromatic N) is 10. The number of likely N-dealkylation sites (tertiary alicyclic amines) is 1. The molecule has 4 aliphatic heterocycles. The van der Waals surface area contributed by atoms with Gasteiger partial charge in [0.2, 0.25) is 0 Å². The summed E-state index contributed by atoms with van der Waals surface area (Å²) in [5, 5.41) is 13.6. The Labute approximate surface area is 432 Å². The van der Waals surface area contributed by atoms with Gasteiger partial charge in [-0.05, 0) is 96.9 Å². The van der Waals surface area contributed by atoms with Crippen molar-refractivity contribution >= 4 is 57.0 Å². The van der Waals surface area contributed by atoms with Crippen molar-refractivity contribution in [3.8, 4) is 22.3 Å². The number of aromatic nitrogens is 6. The van der Waals surface area contributed by atoms with Crippen LogP contribution in [0.5, 0.6) is 0 Å². The van der Waals surface area contributed by atoms with Gasteiger partial charge < -0.3 is 30.2 Å². The molecule has 1 saturated carbocycles. The lowest BCUT2D eigenvalue weighted by molar-refractivity contribution is -0.111. The van der Waals surface area contributed by atoms with E-state index in [2.05, 4.69) is 40.8 Å². The summed E-state index contributed by atoms with van der Waals surface area (Å²) in [6.45, 7) is -0.227. The molecule has 7 aromatic rings. The van der Waals surface area contributed by atoms with Gasteiger partial charge in [0.05, 0.1) is 36.8 Å². The number of carbonyl (C=O) groups excluding carboxylic acids is 2. The standard InChI is InChI=1S/C55H51F6N13O2/c1-70(2)26-32-15-36(24-62-22-32)35-4-6-44-41(18-35)49(51(75)66-38-7-11-64-47(19-38)72-14-10-54(58,59)30-72)42-21-45(42)74(44)46-28-73(31-55(46,60)61)48-20-39(8-12-65-48)67-52(76)50-40-17-34(3-5-43(40)68-69-50)37-16-33(23-63-25-37)27-71-13-9-53(56,57)29-71/h3-8,11-12,15-20,22-25,45-46H,9-10,13-14,21,26-31H2,1-2H3,(H,68,69)(H,64,66,75)(H,65,67,76). The third-order valence-corrected chi connectivity index (χ3v) is 14.7. The summed E-state index contributed by atoms with van der Waals surface area (Å²) in [5.74, 6) is -9.31. The maximum absolute atomic E-state index is 16.8. The van der Waals surface area contributed by atoms with Crippen molar-refractivity contribution < 1.29 is 35.9 Å². The molecule has 2 amide bonds. The first kappa shape index (κ1) is 49.0. The van der Waals surface area contributed by atoms with E-state index in [1.54, 1.807) is 77.1 Å². The summed E-state index contributed by atoms with van der Waals surface area (Å²) < 4.78 is 89.7. The van der Waals surface area contributed by atoms with E-state index in [1.807, 2.05) is 49.3 Å². The van der Waals surface area contributed by atoms with Crippen LogP contribution in [0, 0.1) is 0 Å². The fourth-order valence-electron chi connectivity index (χ4n) is 11.1. The highest BCUT2D eigenvalue weighted by Gasteiger charge is 2.58. The van der Waals surface area contributed by atoms with Crippen molar-refractivity contribution in [3.63, 3.8) is 0 Å². The third kappa shape index (κ3) is 9.68. The van der Waals surface area contributed by atoms with Gasteiger partial charge in [-0.1, -0.05) is 12.1 Å². The number of alkyl halides is 6. The molecule has 15 nitrogen and oxygen atoms in total. The van der Waals surface area contributed by atoms with Gasteiger partial charge in [-0.25, -0.2) is 36.3 Å². The van der Waals surface area contributed by atoms with Crippen molar-refractivity contribution in [1.82, 2.24) is 39.9 Å². The Balaban J connectivity index is 0.796. The second-order valence-corrected chi connectivity index (χ2v) is 20.7. The zero-order valence-corrected chi connectivity index (χ0v) is 41.4. The highest BCUT2D eigenvalue weighted by molar-refractivity contribution is 6.29. The average molecular weight is 1040 g/mol. The number of halogens is 6. The third-order valence-electron chi connectivity index (χ3n) is 14.7. The van der Waals surface area contributed by atoms with Crippen LogP contribution in [0.15, 0.2) is 116 Å². The van der Waals surface area contributed by atoms with Crippen LogP contribution in [0.1, 0.15) is 46.4 Å². The summed E-state index contributed by atoms with van der Waals surface area (Å²) in [6, 6.07) is 19.2. The highest BCUT2D eigenvalue weighted by atomic mass is 19.3. The molecule has 5 aromatic heterocycles. The van der Waals surface area contributed by atoms with Crippen LogP contribution in [-0.4, -0.2) is 135 Å². The van der Waals surface area contributed by atoms with Crippen molar-refractivity contribution in [2.75, 3.05) is 78.7 Å². The van der Waals surface area contributed by atoms with Gasteiger partial charge >= 0.3 is 0 Å². The molecule has 4 fully saturated rings. The van der Waals surface area contributed by atoms with E-state index in [-0.39, 0.29) is 44.0 Å². The highest BCUT2D eigenvalue weighted by Crippen LogP contribution is 2.54. The first-order valence-electron chi connectivity index (χ1n) is 25.0. The largest absolute Gasteiger partial charge is 0.353 e. The lowest BCUT2D eigenvalue weighted by Crippen LogP contribution is -2.50. The number of aromatic amines is 1. The fourth-order valence-corrected chi connectivity index (χ4v) is 11.1. The first-order chi connectivity index (χ1) is 36.4. The number of hydrogen-bond acceptors (Lipinski definition) is 12. The molecule has 0 bridgehead atoms. The number of nitrogens with one attached hydrogen (secondary N) is 3. The van der Waals surface area contributed by atoms with Crippen LogP contribution in [0.2, 0.25) is 0 Å². The summed E-state index contributed by atoms with van der Waals surface area (Å²) in [4.78, 5) is 54.5. The van der Waals surface area contributed by atoms with E-state index in [0.29, 0.717) is 76.5 Å². The molecule has 1 aliphatic carbocycles. The van der Waals surface area contributed by atoms with E-state index < -0.39 is 54.8 Å². The molecule has 3 saturated heterocycles. The van der Waals surface area contributed by atoms with Gasteiger partial charge in [-0.2, -0.15) is 5.10 Å². The van der Waals surface area contributed by atoms with E-state index in [1.165, 1.54) is 22.2 Å². The smallest absolute Gasteiger partial charge is 0.286 e. The topological polar surface area (TPSA) is 155 Å². The van der Waals surface area contributed by atoms with Gasteiger partial charge in [0.1, 0.15) is 17.7 Å². The van der Waals surface area contributed by atoms with E-state index >= 15 is 8.78 Å². The Morgan fingerprint density at radius 3 is 2.07 bits per heavy atom. The normalized spacial score (nSPS) is 20.4. The fraction of sp³-hybridized carbons (Fsp3) is 0.327. The molecular weight excluding hydrogens is 989 g/mol. The Hall–Kier alpha value is -7.91. The number of amides is 2. The summed E-state index contributed by atoms with van der Waals surface area (Å²) in [6.07, 6.45) is 9.61. The minimum absolute atomic E-state index is 0.0946. The Morgan fingerprint density at radius 1 is 0.711 bits per heavy atom. The first-order valence-corrected chi connectivity index (χ1v) is 25.0. The predicted molar refractivity (Wildman–Crippen MR) is 277 cm³/mol. The molecule has 0 radical (unpaired) electrons. The molecule has 3 N–H and O–H groups in total. The maximum Gasteiger partial charge on any atom is 0.286 e. The summed E-state index contributed by atoms with van der Waals surface area (Å²) >= 11 is 0. The quantitative estimate of drug-likeness (QED) is 0.0945. The average Bonchev–Trinajstić information content (AvgIpc) is 3.80. The monoisotopic (exact) mass is 1040 g/mol. The lowest BCUT2D eigenvalue weighted by Gasteiger charge is -2.37. The molecule has 0 spiro atoms. The van der Waals surface area contributed by atoms with Crippen molar-refractivity contribution in [3.05, 3.63) is 138 Å². The number of H-pyrrole nitrogens is 1. The van der Waals surface area contributed by atoms with E-state index in [4.69, 9.17) is 0 Å². The Morgan fingerprint density at radius 2 is 1.37 bits per heavy atom. The second kappa shape index (κ2) is 18.7. The zero-order valence-electron chi connectivity index (χ0n) is 41.4. The molecule has 76 heavy (non-hydrogen) atoms. The minimum Gasteiger partial charge on any atom is -0.353 e. The van der Waals surface area contributed by atoms with Crippen LogP contribution in [-0.2, 0) is 17.9 Å². The molecule has 2 aromatic carbocycles. The van der Waals surface area contributed by atoms with Gasteiger partial charge in [-0.3, -0.25) is 29.6 Å². The second-order valence-electron chi connectivity index (χ2n) is 20.7. The number of carbonyl (C=O) groups is 2. The van der Waals surface area contributed by atoms with Crippen LogP contribution in [0.4, 0.5) is 55.0 Å². The van der Waals surface area contributed by atoms with Gasteiger partial charge in [0.15, 0.2) is 5.69 Å². The van der Waals surface area contributed by atoms with Crippen LogP contribution >= 0.6 is 0 Å². The number of fused-ring (bicyclic) bond motifs is 3. The number of benzene rings is 2. The molecule has 390 valence electrons. The molecule has 21 heteroatoms. The summed E-state index contributed by atoms with van der Waals surface area (Å²) in [5.41, 5.74) is 8.07. The van der Waals surface area contributed by atoms with Gasteiger partial charge in [0, 0.05) is 134 Å². The van der Waals surface area contributed by atoms with Crippen LogP contribution < -0.4 is 25.3 Å². The molecule has 12 rings (SSSR count). The van der Waals surface area contributed by atoms with Crippen molar-refractivity contribution in [1.29, 1.82) is 0 Å². The minimum atomic E-state index is -3.27. The van der Waals surface area contributed by atoms with Crippen molar-refractivity contribution in [2.45, 2.75) is 62.2 Å². The Bertz CT molecular complexity index is 3480. The van der Waals surface area contributed by atoms with Crippen LogP contribution in [0.25, 0.3) is 38.7 Å². The summed E-state index contributed by atoms with van der Waals surface area (Å²) in [7, 11) is 3.91. The zero-order chi connectivity index (χ0) is 52.7. The number of rotatable bonds is 13. The molecule has 9 heterocycles. The number of anilines is 5. The lowest BCUT2D eigenvalue weighted by atomic mass is 9.92.